The van der Waals surface area contributed by atoms with Gasteiger partial charge in [0.1, 0.15) is 6.10 Å². The number of rotatable bonds is 4. The van der Waals surface area contributed by atoms with E-state index in [4.69, 9.17) is 4.74 Å². The van der Waals surface area contributed by atoms with Gasteiger partial charge in [0.15, 0.2) is 0 Å². The van der Waals surface area contributed by atoms with Crippen LogP contribution >= 0.6 is 0 Å². The highest BCUT2D eigenvalue weighted by atomic mass is 16.5. The molecule has 0 bridgehead atoms. The summed E-state index contributed by atoms with van der Waals surface area (Å²) in [5.41, 5.74) is 3.06. The molecule has 1 aliphatic rings. The third-order valence-corrected chi connectivity index (χ3v) is 4.46. The Labute approximate surface area is 141 Å². The summed E-state index contributed by atoms with van der Waals surface area (Å²) in [7, 11) is 0. The highest BCUT2D eigenvalue weighted by molar-refractivity contribution is 5.78. The normalized spacial score (nSPS) is 20.1. The smallest absolute Gasteiger partial charge is 0.313 e. The van der Waals surface area contributed by atoms with Crippen LogP contribution in [0.2, 0.25) is 0 Å². The van der Waals surface area contributed by atoms with Gasteiger partial charge in [-0.3, -0.25) is 9.59 Å². The molecule has 4 nitrogen and oxygen atoms in total. The maximum absolute atomic E-state index is 12.5. The maximum atomic E-state index is 12.5. The van der Waals surface area contributed by atoms with E-state index in [0.717, 1.165) is 16.7 Å². The molecule has 0 saturated heterocycles. The largest absolute Gasteiger partial charge is 0.459 e. The van der Waals surface area contributed by atoms with Crippen LogP contribution < -0.4 is 5.32 Å². The molecule has 3 atom stereocenters. The lowest BCUT2D eigenvalue weighted by Crippen LogP contribution is -2.35. The second-order valence-electron chi connectivity index (χ2n) is 6.19. The van der Waals surface area contributed by atoms with E-state index in [1.165, 1.54) is 6.92 Å². The van der Waals surface area contributed by atoms with Crippen molar-refractivity contribution in [3.63, 3.8) is 0 Å². The predicted octanol–water partition coefficient (Wildman–Crippen LogP) is 3.14. The number of esters is 1. The number of amides is 1. The van der Waals surface area contributed by atoms with Crippen LogP contribution in [0.5, 0.6) is 0 Å². The van der Waals surface area contributed by atoms with Crippen molar-refractivity contribution in [2.24, 2.45) is 0 Å². The van der Waals surface area contributed by atoms with E-state index in [9.17, 15) is 9.59 Å². The molecular weight excluding hydrogens is 302 g/mol. The second-order valence-corrected chi connectivity index (χ2v) is 6.19. The van der Waals surface area contributed by atoms with Crippen molar-refractivity contribution in [1.82, 2.24) is 5.32 Å². The van der Waals surface area contributed by atoms with E-state index in [-0.39, 0.29) is 29.9 Å². The predicted molar refractivity (Wildman–Crippen MR) is 91.4 cm³/mol. The molecule has 0 fully saturated rings. The average Bonchev–Trinajstić information content (AvgIpc) is 2.92. The molecule has 0 heterocycles. The fraction of sp³-hybridized carbons (Fsp3) is 0.300. The minimum atomic E-state index is -0.370. The summed E-state index contributed by atoms with van der Waals surface area (Å²) in [6.07, 6.45) is 0.249. The number of hydrogen-bond acceptors (Lipinski definition) is 3. The molecule has 124 valence electrons. The molecule has 0 unspecified atom stereocenters. The zero-order chi connectivity index (χ0) is 17.1. The van der Waals surface area contributed by atoms with E-state index < -0.39 is 0 Å². The zero-order valence-electron chi connectivity index (χ0n) is 13.9. The van der Waals surface area contributed by atoms with Gasteiger partial charge in [-0.25, -0.2) is 0 Å². The first-order valence-electron chi connectivity index (χ1n) is 8.16. The van der Waals surface area contributed by atoms with Crippen LogP contribution in [0, 0.1) is 0 Å². The van der Waals surface area contributed by atoms with Crippen LogP contribution in [0.1, 0.15) is 42.5 Å². The highest BCUT2D eigenvalue weighted by Gasteiger charge is 2.36. The van der Waals surface area contributed by atoms with Gasteiger partial charge >= 0.3 is 5.97 Å². The number of hydrogen-bond donors (Lipinski definition) is 1. The molecule has 0 radical (unpaired) electrons. The molecule has 1 N–H and O–H groups in total. The van der Waals surface area contributed by atoms with E-state index in [1.807, 2.05) is 61.5 Å². The highest BCUT2D eigenvalue weighted by Crippen LogP contribution is 2.34. The van der Waals surface area contributed by atoms with E-state index in [2.05, 4.69) is 5.32 Å². The molecule has 2 aromatic carbocycles. The zero-order valence-corrected chi connectivity index (χ0v) is 13.9. The Morgan fingerprint density at radius 2 is 1.75 bits per heavy atom. The summed E-state index contributed by atoms with van der Waals surface area (Å²) < 4.78 is 5.77. The van der Waals surface area contributed by atoms with E-state index in [0.29, 0.717) is 6.42 Å². The van der Waals surface area contributed by atoms with Crippen LogP contribution in [0.4, 0.5) is 0 Å². The van der Waals surface area contributed by atoms with Crippen LogP contribution in [0.15, 0.2) is 54.6 Å². The lowest BCUT2D eigenvalue weighted by Gasteiger charge is -2.23. The Hall–Kier alpha value is -2.62. The molecule has 3 rings (SSSR count). The van der Waals surface area contributed by atoms with Crippen LogP contribution in [0.25, 0.3) is 0 Å². The van der Waals surface area contributed by atoms with Crippen molar-refractivity contribution in [3.05, 3.63) is 71.3 Å². The van der Waals surface area contributed by atoms with Crippen molar-refractivity contribution < 1.29 is 14.3 Å². The topological polar surface area (TPSA) is 55.4 Å². The van der Waals surface area contributed by atoms with E-state index in [1.54, 1.807) is 0 Å². The van der Waals surface area contributed by atoms with Crippen molar-refractivity contribution in [3.8, 4) is 0 Å². The summed E-state index contributed by atoms with van der Waals surface area (Å²) in [5.74, 6) is -0.740. The van der Waals surface area contributed by atoms with Gasteiger partial charge in [-0.1, -0.05) is 54.6 Å². The van der Waals surface area contributed by atoms with E-state index >= 15 is 0 Å². The number of carbonyl (C=O) groups is 2. The SMILES string of the molecule is CC(=O)N[C@@H]1c2ccccc2C[C@@H]1OC(=O)[C@@H](C)c1ccccc1. The fourth-order valence-corrected chi connectivity index (χ4v) is 3.19. The summed E-state index contributed by atoms with van der Waals surface area (Å²) in [6, 6.07) is 17.2. The van der Waals surface area contributed by atoms with Gasteiger partial charge in [0.25, 0.3) is 0 Å². The summed E-state index contributed by atoms with van der Waals surface area (Å²) in [5, 5.41) is 2.92. The summed E-state index contributed by atoms with van der Waals surface area (Å²) >= 11 is 0. The number of nitrogens with one attached hydrogen (secondary N) is 1. The molecule has 0 aromatic heterocycles. The Balaban J connectivity index is 1.76. The molecule has 2 aromatic rings. The average molecular weight is 323 g/mol. The number of ether oxygens (including phenoxy) is 1. The Morgan fingerprint density at radius 1 is 1.08 bits per heavy atom. The van der Waals surface area contributed by atoms with Gasteiger partial charge in [-0.15, -0.1) is 0 Å². The monoisotopic (exact) mass is 323 g/mol. The van der Waals surface area contributed by atoms with Crippen molar-refractivity contribution in [2.45, 2.75) is 38.3 Å². The minimum absolute atomic E-state index is 0.131. The summed E-state index contributed by atoms with van der Waals surface area (Å²) in [6.45, 7) is 3.32. The van der Waals surface area contributed by atoms with Gasteiger partial charge in [0.05, 0.1) is 12.0 Å². The van der Waals surface area contributed by atoms with Gasteiger partial charge < -0.3 is 10.1 Å². The van der Waals surface area contributed by atoms with Crippen LogP contribution in [0.3, 0.4) is 0 Å². The van der Waals surface area contributed by atoms with Crippen molar-refractivity contribution in [2.75, 3.05) is 0 Å². The molecule has 0 aliphatic heterocycles. The lowest BCUT2D eigenvalue weighted by atomic mass is 10.0. The quantitative estimate of drug-likeness (QED) is 0.880. The third-order valence-electron chi connectivity index (χ3n) is 4.46. The van der Waals surface area contributed by atoms with Crippen LogP contribution in [-0.4, -0.2) is 18.0 Å². The Morgan fingerprint density at radius 3 is 2.46 bits per heavy atom. The van der Waals surface area contributed by atoms with Crippen molar-refractivity contribution >= 4 is 11.9 Å². The van der Waals surface area contributed by atoms with Gasteiger partial charge in [-0.05, 0) is 23.6 Å². The van der Waals surface area contributed by atoms with Gasteiger partial charge in [0, 0.05) is 13.3 Å². The molecule has 0 spiro atoms. The number of carbonyl (C=O) groups excluding carboxylic acids is 2. The fourth-order valence-electron chi connectivity index (χ4n) is 3.19. The summed E-state index contributed by atoms with van der Waals surface area (Å²) in [4.78, 5) is 24.1. The molecule has 24 heavy (non-hydrogen) atoms. The molecule has 4 heteroatoms. The molecular formula is C20H21NO3. The number of benzene rings is 2. The first-order valence-corrected chi connectivity index (χ1v) is 8.16. The first kappa shape index (κ1) is 16.2. The molecule has 0 saturated carbocycles. The standard InChI is InChI=1S/C20H21NO3/c1-13(15-8-4-3-5-9-15)20(23)24-18-12-16-10-6-7-11-17(16)19(18)21-14(2)22/h3-11,13,18-19H,12H2,1-2H3,(H,21,22)/t13-,18-,19+/m0/s1. The van der Waals surface area contributed by atoms with Gasteiger partial charge in [-0.2, -0.15) is 0 Å². The van der Waals surface area contributed by atoms with Crippen LogP contribution in [-0.2, 0) is 20.7 Å². The minimum Gasteiger partial charge on any atom is -0.459 e. The molecule has 1 amide bonds. The maximum Gasteiger partial charge on any atom is 0.313 e. The van der Waals surface area contributed by atoms with Crippen molar-refractivity contribution in [1.29, 1.82) is 0 Å². The first-order chi connectivity index (χ1) is 11.6. The van der Waals surface area contributed by atoms with Gasteiger partial charge in [0.2, 0.25) is 5.91 Å². The number of fused-ring (bicyclic) bond motifs is 1. The Bertz CT molecular complexity index is 742. The Kier molecular flexibility index (Phi) is 4.65. The third kappa shape index (κ3) is 3.32. The molecule has 1 aliphatic carbocycles. The second kappa shape index (κ2) is 6.87. The lowest BCUT2D eigenvalue weighted by molar-refractivity contribution is -0.152.